The van der Waals surface area contributed by atoms with Gasteiger partial charge < -0.3 is 4.74 Å². The van der Waals surface area contributed by atoms with E-state index in [1.807, 2.05) is 6.07 Å². The number of allylic oxidation sites excluding steroid dienone is 1. The van der Waals surface area contributed by atoms with E-state index < -0.39 is 6.10 Å². The van der Waals surface area contributed by atoms with Crippen LogP contribution in [0.25, 0.3) is 0 Å². The van der Waals surface area contributed by atoms with Crippen LogP contribution in [-0.4, -0.2) is 12.1 Å². The Balaban J connectivity index is 2.41. The van der Waals surface area contributed by atoms with E-state index in [0.717, 1.165) is 31.3 Å². The Morgan fingerprint density at radius 1 is 1.62 bits per heavy atom. The van der Waals surface area contributed by atoms with Gasteiger partial charge in [-0.3, -0.25) is 0 Å². The normalized spacial score (nSPS) is 17.7. The lowest BCUT2D eigenvalue weighted by Gasteiger charge is -2.02. The van der Waals surface area contributed by atoms with Gasteiger partial charge in [0.25, 0.3) is 0 Å². The van der Waals surface area contributed by atoms with E-state index >= 15 is 0 Å². The van der Waals surface area contributed by atoms with Crippen LogP contribution in [0.5, 0.6) is 0 Å². The van der Waals surface area contributed by atoms with Crippen molar-refractivity contribution in [1.29, 1.82) is 5.26 Å². The standard InChI is InChI=1S/C10H13NO2/c1-8(7-11)13-10(12)6-9-4-2-3-5-9/h6,8H,2-5H2,1H3. The summed E-state index contributed by atoms with van der Waals surface area (Å²) in [7, 11) is 0. The molecule has 0 heterocycles. The van der Waals surface area contributed by atoms with E-state index in [0.29, 0.717) is 0 Å². The zero-order chi connectivity index (χ0) is 9.68. The number of nitriles is 1. The van der Waals surface area contributed by atoms with Gasteiger partial charge in [0.05, 0.1) is 0 Å². The molecule has 0 N–H and O–H groups in total. The van der Waals surface area contributed by atoms with Gasteiger partial charge in [0.15, 0.2) is 6.10 Å². The largest absolute Gasteiger partial charge is 0.444 e. The minimum atomic E-state index is -0.647. The average molecular weight is 179 g/mol. The smallest absolute Gasteiger partial charge is 0.332 e. The summed E-state index contributed by atoms with van der Waals surface area (Å²) < 4.78 is 4.78. The topological polar surface area (TPSA) is 50.1 Å². The lowest BCUT2D eigenvalue weighted by Crippen LogP contribution is -2.10. The first-order valence-electron chi connectivity index (χ1n) is 4.52. The van der Waals surface area contributed by atoms with Crippen molar-refractivity contribution in [2.24, 2.45) is 0 Å². The first kappa shape index (κ1) is 9.79. The molecule has 1 rings (SSSR count). The molecule has 1 aliphatic rings. The maximum absolute atomic E-state index is 11.1. The number of nitrogens with zero attached hydrogens (tertiary/aromatic N) is 1. The molecule has 1 aliphatic carbocycles. The van der Waals surface area contributed by atoms with Gasteiger partial charge in [0.1, 0.15) is 6.07 Å². The van der Waals surface area contributed by atoms with Crippen LogP contribution in [0.4, 0.5) is 0 Å². The predicted molar refractivity (Wildman–Crippen MR) is 47.7 cm³/mol. The van der Waals surface area contributed by atoms with Gasteiger partial charge in [0.2, 0.25) is 0 Å². The fourth-order valence-corrected chi connectivity index (χ4v) is 1.37. The van der Waals surface area contributed by atoms with Crippen molar-refractivity contribution in [2.45, 2.75) is 38.7 Å². The van der Waals surface area contributed by atoms with Crippen LogP contribution in [0.2, 0.25) is 0 Å². The van der Waals surface area contributed by atoms with Crippen LogP contribution < -0.4 is 0 Å². The van der Waals surface area contributed by atoms with Gasteiger partial charge in [-0.2, -0.15) is 5.26 Å². The number of hydrogen-bond acceptors (Lipinski definition) is 3. The van der Waals surface area contributed by atoms with Gasteiger partial charge >= 0.3 is 5.97 Å². The van der Waals surface area contributed by atoms with E-state index in [4.69, 9.17) is 10.00 Å². The van der Waals surface area contributed by atoms with Crippen molar-refractivity contribution in [2.75, 3.05) is 0 Å². The molecule has 1 fully saturated rings. The van der Waals surface area contributed by atoms with Crippen LogP contribution in [0, 0.1) is 11.3 Å². The summed E-state index contributed by atoms with van der Waals surface area (Å²) in [6, 6.07) is 1.85. The predicted octanol–water partition coefficient (Wildman–Crippen LogP) is 1.94. The summed E-state index contributed by atoms with van der Waals surface area (Å²) in [5, 5.41) is 8.40. The van der Waals surface area contributed by atoms with E-state index in [1.165, 1.54) is 6.08 Å². The molecule has 1 saturated carbocycles. The van der Waals surface area contributed by atoms with Crippen molar-refractivity contribution in [3.05, 3.63) is 11.6 Å². The second-order valence-electron chi connectivity index (χ2n) is 3.22. The zero-order valence-electron chi connectivity index (χ0n) is 7.75. The van der Waals surface area contributed by atoms with E-state index in [9.17, 15) is 4.79 Å². The van der Waals surface area contributed by atoms with Gasteiger partial charge in [0, 0.05) is 6.08 Å². The van der Waals surface area contributed by atoms with Crippen LogP contribution in [0.15, 0.2) is 11.6 Å². The van der Waals surface area contributed by atoms with Crippen molar-refractivity contribution in [3.63, 3.8) is 0 Å². The van der Waals surface area contributed by atoms with E-state index in [2.05, 4.69) is 0 Å². The number of esters is 1. The third-order valence-corrected chi connectivity index (χ3v) is 2.04. The molecule has 0 amide bonds. The summed E-state index contributed by atoms with van der Waals surface area (Å²) >= 11 is 0. The van der Waals surface area contributed by atoms with Crippen LogP contribution in [0.1, 0.15) is 32.6 Å². The molecule has 1 atom stereocenters. The zero-order valence-corrected chi connectivity index (χ0v) is 7.75. The number of rotatable bonds is 2. The number of carbonyl (C=O) groups excluding carboxylic acids is 1. The highest BCUT2D eigenvalue weighted by atomic mass is 16.5. The second kappa shape index (κ2) is 4.66. The van der Waals surface area contributed by atoms with E-state index in [-0.39, 0.29) is 5.97 Å². The molecule has 0 spiro atoms. The molecule has 0 saturated heterocycles. The van der Waals surface area contributed by atoms with Gasteiger partial charge in [-0.15, -0.1) is 0 Å². The molecule has 0 aromatic rings. The molecule has 0 radical (unpaired) electrons. The van der Waals surface area contributed by atoms with Gasteiger partial charge in [-0.25, -0.2) is 4.79 Å². The van der Waals surface area contributed by atoms with Crippen molar-refractivity contribution in [3.8, 4) is 6.07 Å². The van der Waals surface area contributed by atoms with E-state index in [1.54, 1.807) is 6.92 Å². The first-order valence-corrected chi connectivity index (χ1v) is 4.52. The van der Waals surface area contributed by atoms with Crippen LogP contribution in [0.3, 0.4) is 0 Å². The molecular weight excluding hydrogens is 166 g/mol. The molecule has 0 bridgehead atoms. The molecule has 0 aliphatic heterocycles. The number of ether oxygens (including phenoxy) is 1. The minimum absolute atomic E-state index is 0.383. The van der Waals surface area contributed by atoms with Crippen LogP contribution >= 0.6 is 0 Å². The average Bonchev–Trinajstić information content (AvgIpc) is 2.56. The summed E-state index contributed by atoms with van der Waals surface area (Å²) in [5.41, 5.74) is 1.15. The number of carbonyl (C=O) groups is 1. The molecule has 0 aromatic carbocycles. The summed E-state index contributed by atoms with van der Waals surface area (Å²) in [5.74, 6) is -0.383. The van der Waals surface area contributed by atoms with Crippen LogP contribution in [-0.2, 0) is 9.53 Å². The van der Waals surface area contributed by atoms with Crippen molar-refractivity contribution >= 4 is 5.97 Å². The summed E-state index contributed by atoms with van der Waals surface area (Å²) in [4.78, 5) is 11.1. The number of hydrogen-bond donors (Lipinski definition) is 0. The lowest BCUT2D eigenvalue weighted by molar-refractivity contribution is -0.139. The Hall–Kier alpha value is -1.30. The summed E-state index contributed by atoms with van der Waals surface area (Å²) in [6.07, 6.45) is 5.19. The molecule has 1 unspecified atom stereocenters. The quantitative estimate of drug-likeness (QED) is 0.480. The minimum Gasteiger partial charge on any atom is -0.444 e. The fraction of sp³-hybridized carbons (Fsp3) is 0.600. The Bertz CT molecular complexity index is 255. The fourth-order valence-electron chi connectivity index (χ4n) is 1.37. The maximum atomic E-state index is 11.1. The molecule has 3 nitrogen and oxygen atoms in total. The maximum Gasteiger partial charge on any atom is 0.332 e. The molecule has 3 heteroatoms. The molecule has 13 heavy (non-hydrogen) atoms. The van der Waals surface area contributed by atoms with Gasteiger partial charge in [-0.05, 0) is 32.6 Å². The van der Waals surface area contributed by atoms with Crippen molar-refractivity contribution < 1.29 is 9.53 Å². The Kier molecular flexibility index (Phi) is 3.51. The Morgan fingerprint density at radius 2 is 2.23 bits per heavy atom. The highest BCUT2D eigenvalue weighted by molar-refractivity contribution is 5.83. The summed E-state index contributed by atoms with van der Waals surface area (Å²) in [6.45, 7) is 1.56. The first-order chi connectivity index (χ1) is 6.22. The molecule has 0 aromatic heterocycles. The second-order valence-corrected chi connectivity index (χ2v) is 3.22. The highest BCUT2D eigenvalue weighted by Gasteiger charge is 2.10. The van der Waals surface area contributed by atoms with Gasteiger partial charge in [-0.1, -0.05) is 5.57 Å². The Morgan fingerprint density at radius 3 is 2.77 bits per heavy atom. The third-order valence-electron chi connectivity index (χ3n) is 2.04. The molecule has 70 valence electrons. The highest BCUT2D eigenvalue weighted by Crippen LogP contribution is 2.23. The molecular formula is C10H13NO2. The third kappa shape index (κ3) is 3.29. The SMILES string of the molecule is CC(C#N)OC(=O)C=C1CCCC1. The Labute approximate surface area is 78.0 Å². The lowest BCUT2D eigenvalue weighted by atomic mass is 10.2. The monoisotopic (exact) mass is 179 g/mol. The van der Waals surface area contributed by atoms with Crippen molar-refractivity contribution in [1.82, 2.24) is 0 Å².